The van der Waals surface area contributed by atoms with Gasteiger partial charge in [0.2, 0.25) is 0 Å². The van der Waals surface area contributed by atoms with Gasteiger partial charge in [-0.3, -0.25) is 4.79 Å². The molecule has 2 aliphatic carbocycles. The van der Waals surface area contributed by atoms with Gasteiger partial charge in [-0.25, -0.2) is 0 Å². The smallest absolute Gasteiger partial charge is 0.309 e. The Morgan fingerprint density at radius 2 is 2.11 bits per heavy atom. The number of hydrogen-bond acceptors (Lipinski definition) is 3. The Kier molecular flexibility index (Phi) is 2.31. The second-order valence-corrected chi connectivity index (χ2v) is 6.41. The monoisotopic (exact) mass is 252 g/mol. The van der Waals surface area contributed by atoms with E-state index in [0.717, 1.165) is 38.5 Å². The van der Waals surface area contributed by atoms with E-state index < -0.39 is 5.97 Å². The van der Waals surface area contributed by atoms with Crippen LogP contribution in [0.5, 0.6) is 0 Å². The van der Waals surface area contributed by atoms with Crippen LogP contribution in [0, 0.1) is 11.8 Å². The van der Waals surface area contributed by atoms with Crippen LogP contribution in [0.25, 0.3) is 0 Å². The third-order valence-corrected chi connectivity index (χ3v) is 5.44. The summed E-state index contributed by atoms with van der Waals surface area (Å²) in [6, 6.07) is 0. The van der Waals surface area contributed by atoms with Crippen molar-refractivity contribution in [2.45, 2.75) is 68.9 Å². The number of rotatable bonds is 3. The summed E-state index contributed by atoms with van der Waals surface area (Å²) in [7, 11) is 0. The Morgan fingerprint density at radius 3 is 2.83 bits per heavy atom. The lowest BCUT2D eigenvalue weighted by Gasteiger charge is -2.32. The van der Waals surface area contributed by atoms with Crippen LogP contribution in [0.1, 0.15) is 44.9 Å². The Labute approximate surface area is 107 Å². The quantitative estimate of drug-likeness (QED) is 0.780. The molecule has 0 spiro atoms. The maximum absolute atomic E-state index is 11.7. The number of epoxide rings is 2. The van der Waals surface area contributed by atoms with E-state index in [2.05, 4.69) is 0 Å². The molecular weight excluding hydrogens is 232 g/mol. The molecule has 6 unspecified atom stereocenters. The molecule has 4 heteroatoms. The highest BCUT2D eigenvalue weighted by atomic mass is 16.6. The van der Waals surface area contributed by atoms with Gasteiger partial charge < -0.3 is 14.6 Å². The normalized spacial score (nSPS) is 50.9. The van der Waals surface area contributed by atoms with E-state index >= 15 is 0 Å². The van der Waals surface area contributed by atoms with E-state index in [0.29, 0.717) is 12.2 Å². The lowest BCUT2D eigenvalue weighted by Crippen LogP contribution is -2.42. The zero-order chi connectivity index (χ0) is 12.3. The van der Waals surface area contributed by atoms with Crippen molar-refractivity contribution < 1.29 is 19.4 Å². The fourth-order valence-electron chi connectivity index (χ4n) is 4.46. The highest BCUT2D eigenvalue weighted by molar-refractivity contribution is 5.73. The number of ether oxygens (including phenoxy) is 2. The molecule has 4 aliphatic rings. The average Bonchev–Trinajstić information content (AvgIpc) is 3.21. The Bertz CT molecular complexity index is 382. The van der Waals surface area contributed by atoms with Crippen molar-refractivity contribution in [3.8, 4) is 0 Å². The summed E-state index contributed by atoms with van der Waals surface area (Å²) in [6.45, 7) is 0. The fourth-order valence-corrected chi connectivity index (χ4v) is 4.46. The first-order valence-corrected chi connectivity index (χ1v) is 7.27. The molecule has 1 N–H and O–H groups in total. The van der Waals surface area contributed by atoms with E-state index in [1.807, 2.05) is 0 Å². The summed E-state index contributed by atoms with van der Waals surface area (Å²) in [6.07, 6.45) is 8.30. The van der Waals surface area contributed by atoms with E-state index in [-0.39, 0.29) is 23.5 Å². The third-order valence-electron chi connectivity index (χ3n) is 5.44. The lowest BCUT2D eigenvalue weighted by atomic mass is 9.69. The van der Waals surface area contributed by atoms with Gasteiger partial charge in [-0.05, 0) is 38.0 Å². The molecule has 2 heterocycles. The molecule has 0 aromatic rings. The van der Waals surface area contributed by atoms with E-state index in [4.69, 9.17) is 9.47 Å². The van der Waals surface area contributed by atoms with Crippen molar-refractivity contribution >= 4 is 5.97 Å². The SMILES string of the molecule is O=C(O)C(C1CCC2OC2C1)C12CCCCC1O2. The van der Waals surface area contributed by atoms with Crippen LogP contribution < -0.4 is 0 Å². The molecule has 2 aliphatic heterocycles. The summed E-state index contributed by atoms with van der Waals surface area (Å²) >= 11 is 0. The molecule has 0 radical (unpaired) electrons. The van der Waals surface area contributed by atoms with Crippen molar-refractivity contribution in [3.05, 3.63) is 0 Å². The summed E-state index contributed by atoms with van der Waals surface area (Å²) in [5, 5.41) is 9.65. The summed E-state index contributed by atoms with van der Waals surface area (Å²) in [5.41, 5.74) is -0.309. The van der Waals surface area contributed by atoms with E-state index in [1.54, 1.807) is 0 Å². The van der Waals surface area contributed by atoms with Crippen LogP contribution in [0.2, 0.25) is 0 Å². The molecule has 6 atom stereocenters. The van der Waals surface area contributed by atoms with Gasteiger partial charge in [-0.1, -0.05) is 12.8 Å². The predicted molar refractivity (Wildman–Crippen MR) is 63.2 cm³/mol. The fraction of sp³-hybridized carbons (Fsp3) is 0.929. The van der Waals surface area contributed by atoms with Gasteiger partial charge in [-0.2, -0.15) is 0 Å². The minimum absolute atomic E-state index is 0.227. The number of carboxylic acid groups (broad SMARTS) is 1. The van der Waals surface area contributed by atoms with Gasteiger partial charge in [0, 0.05) is 0 Å². The molecule has 2 saturated heterocycles. The van der Waals surface area contributed by atoms with Crippen molar-refractivity contribution in [2.24, 2.45) is 11.8 Å². The molecule has 18 heavy (non-hydrogen) atoms. The summed E-state index contributed by atoms with van der Waals surface area (Å²) in [5.74, 6) is -0.689. The Morgan fingerprint density at radius 1 is 1.22 bits per heavy atom. The van der Waals surface area contributed by atoms with Gasteiger partial charge in [0.25, 0.3) is 0 Å². The summed E-state index contributed by atoms with van der Waals surface area (Å²) < 4.78 is 11.4. The molecular formula is C14H20O4. The van der Waals surface area contributed by atoms with Crippen LogP contribution in [0.15, 0.2) is 0 Å². The zero-order valence-electron chi connectivity index (χ0n) is 10.5. The maximum Gasteiger partial charge on any atom is 0.309 e. The second kappa shape index (κ2) is 3.70. The highest BCUT2D eigenvalue weighted by Gasteiger charge is 2.66. The summed E-state index contributed by atoms with van der Waals surface area (Å²) in [4.78, 5) is 11.7. The van der Waals surface area contributed by atoms with Gasteiger partial charge >= 0.3 is 5.97 Å². The van der Waals surface area contributed by atoms with E-state index in [1.165, 1.54) is 6.42 Å². The molecule has 0 aromatic carbocycles. The Balaban J connectivity index is 1.55. The largest absolute Gasteiger partial charge is 0.481 e. The standard InChI is InChI=1S/C14H20O4/c15-13(16)12(8-4-5-9-10(7-8)17-9)14-6-2-1-3-11(14)18-14/h8-12H,1-7H2,(H,15,16). The first kappa shape index (κ1) is 11.2. The first-order valence-electron chi connectivity index (χ1n) is 7.27. The van der Waals surface area contributed by atoms with Crippen LogP contribution >= 0.6 is 0 Å². The number of carboxylic acids is 1. The van der Waals surface area contributed by atoms with Crippen LogP contribution in [0.4, 0.5) is 0 Å². The molecule has 0 amide bonds. The first-order chi connectivity index (χ1) is 8.71. The van der Waals surface area contributed by atoms with Gasteiger partial charge in [-0.15, -0.1) is 0 Å². The number of carbonyl (C=O) groups is 1. The molecule has 100 valence electrons. The molecule has 0 aromatic heterocycles. The molecule has 2 saturated carbocycles. The minimum atomic E-state index is -0.650. The zero-order valence-corrected chi connectivity index (χ0v) is 10.5. The van der Waals surface area contributed by atoms with Gasteiger partial charge in [0.05, 0.1) is 24.2 Å². The van der Waals surface area contributed by atoms with Crippen molar-refractivity contribution in [1.29, 1.82) is 0 Å². The van der Waals surface area contributed by atoms with Crippen LogP contribution in [-0.2, 0) is 14.3 Å². The molecule has 0 bridgehead atoms. The van der Waals surface area contributed by atoms with Gasteiger partial charge in [0.15, 0.2) is 0 Å². The van der Waals surface area contributed by atoms with E-state index in [9.17, 15) is 9.90 Å². The van der Waals surface area contributed by atoms with Crippen molar-refractivity contribution in [2.75, 3.05) is 0 Å². The average molecular weight is 252 g/mol. The predicted octanol–water partition coefficient (Wildman–Crippen LogP) is 1.97. The number of aliphatic carboxylic acids is 1. The van der Waals surface area contributed by atoms with Crippen molar-refractivity contribution in [1.82, 2.24) is 0 Å². The molecule has 4 fully saturated rings. The van der Waals surface area contributed by atoms with Gasteiger partial charge in [0.1, 0.15) is 5.60 Å². The Hall–Kier alpha value is -0.610. The van der Waals surface area contributed by atoms with Crippen molar-refractivity contribution in [3.63, 3.8) is 0 Å². The second-order valence-electron chi connectivity index (χ2n) is 6.41. The topological polar surface area (TPSA) is 62.4 Å². The highest BCUT2D eigenvalue weighted by Crippen LogP contribution is 2.57. The van der Waals surface area contributed by atoms with Crippen LogP contribution in [-0.4, -0.2) is 35.0 Å². The molecule has 4 nitrogen and oxygen atoms in total. The number of hydrogen-bond donors (Lipinski definition) is 1. The maximum atomic E-state index is 11.7. The molecule has 4 rings (SSSR count). The van der Waals surface area contributed by atoms with Crippen LogP contribution in [0.3, 0.4) is 0 Å². The lowest BCUT2D eigenvalue weighted by molar-refractivity contribution is -0.147. The third kappa shape index (κ3) is 1.55. The minimum Gasteiger partial charge on any atom is -0.481 e. The number of fused-ring (bicyclic) bond motifs is 2.